The molecule has 0 unspecified atom stereocenters. The lowest BCUT2D eigenvalue weighted by atomic mass is 9.43. The molecule has 3 fully saturated rings. The third-order valence-corrected chi connectivity index (χ3v) is 8.81. The van der Waals surface area contributed by atoms with E-state index in [0.717, 1.165) is 25.7 Å². The summed E-state index contributed by atoms with van der Waals surface area (Å²) in [4.78, 5) is 12.0. The SMILES string of the molecule is C[C@@H]1CC2=CC(=O)CC[C@]2(C)[C@H]2[C@@H]1[C@H]1CC[C@](C)(O)[C@]1(C)C[C@H]2O. The van der Waals surface area contributed by atoms with E-state index in [1.54, 1.807) is 0 Å². The fourth-order valence-corrected chi connectivity index (χ4v) is 7.23. The molecule has 0 spiro atoms. The number of hydrogen-bond acceptors (Lipinski definition) is 3. The first kappa shape index (κ1) is 16.8. The zero-order chi connectivity index (χ0) is 17.5. The van der Waals surface area contributed by atoms with Gasteiger partial charge in [-0.25, -0.2) is 0 Å². The zero-order valence-electron chi connectivity index (χ0n) is 15.5. The molecule has 0 aromatic heterocycles. The van der Waals surface area contributed by atoms with Gasteiger partial charge in [0.05, 0.1) is 11.7 Å². The lowest BCUT2D eigenvalue weighted by Crippen LogP contribution is -2.61. The zero-order valence-corrected chi connectivity index (χ0v) is 15.5. The van der Waals surface area contributed by atoms with Crippen molar-refractivity contribution in [2.45, 2.75) is 77.9 Å². The number of allylic oxidation sites excluding steroid dienone is 1. The van der Waals surface area contributed by atoms with Crippen LogP contribution in [0.5, 0.6) is 0 Å². The van der Waals surface area contributed by atoms with Crippen molar-refractivity contribution in [1.82, 2.24) is 0 Å². The molecule has 24 heavy (non-hydrogen) atoms. The maximum Gasteiger partial charge on any atom is 0.155 e. The van der Waals surface area contributed by atoms with Crippen molar-refractivity contribution in [2.75, 3.05) is 0 Å². The van der Waals surface area contributed by atoms with Crippen LogP contribution in [0.1, 0.15) is 66.2 Å². The molecular weight excluding hydrogens is 300 g/mol. The topological polar surface area (TPSA) is 57.5 Å². The molecule has 4 rings (SSSR count). The van der Waals surface area contributed by atoms with E-state index in [9.17, 15) is 15.0 Å². The van der Waals surface area contributed by atoms with Crippen molar-refractivity contribution in [3.8, 4) is 0 Å². The average molecular weight is 332 g/mol. The standard InChI is InChI=1S/C21H32O3/c1-12-9-13-10-14(22)5-7-19(13,2)18-16(23)11-20(3)15(17(12)18)6-8-21(20,4)24/h10,12,15-18,23-24H,5-9,11H2,1-4H3/t12-,15-,16-,17+,18-,19+,20-,21+/m1/s1. The van der Waals surface area contributed by atoms with Gasteiger partial charge in [0, 0.05) is 11.8 Å². The summed E-state index contributed by atoms with van der Waals surface area (Å²) < 4.78 is 0. The predicted molar refractivity (Wildman–Crippen MR) is 93.3 cm³/mol. The minimum atomic E-state index is -0.678. The summed E-state index contributed by atoms with van der Waals surface area (Å²) in [7, 11) is 0. The molecule has 0 aromatic rings. The van der Waals surface area contributed by atoms with Crippen LogP contribution in [0.15, 0.2) is 11.6 Å². The molecule has 134 valence electrons. The number of ketones is 1. The number of hydrogen-bond donors (Lipinski definition) is 2. The Balaban J connectivity index is 1.80. The average Bonchev–Trinajstić information content (AvgIpc) is 2.71. The molecule has 0 bridgehead atoms. The molecule has 0 saturated heterocycles. The second-order valence-electron chi connectivity index (χ2n) is 9.95. The van der Waals surface area contributed by atoms with E-state index in [-0.39, 0.29) is 28.6 Å². The van der Waals surface area contributed by atoms with Gasteiger partial charge in [-0.2, -0.15) is 0 Å². The maximum atomic E-state index is 12.0. The maximum absolute atomic E-state index is 12.0. The number of fused-ring (bicyclic) bond motifs is 5. The number of carbonyl (C=O) groups is 1. The van der Waals surface area contributed by atoms with E-state index < -0.39 is 5.60 Å². The van der Waals surface area contributed by atoms with Crippen LogP contribution in [-0.4, -0.2) is 27.7 Å². The second kappa shape index (κ2) is 4.94. The van der Waals surface area contributed by atoms with E-state index in [4.69, 9.17) is 0 Å². The molecule has 4 aliphatic carbocycles. The Labute approximate surface area is 145 Å². The van der Waals surface area contributed by atoms with Gasteiger partial charge >= 0.3 is 0 Å². The number of aliphatic hydroxyl groups is 2. The highest BCUT2D eigenvalue weighted by molar-refractivity contribution is 5.91. The summed E-state index contributed by atoms with van der Waals surface area (Å²) >= 11 is 0. The van der Waals surface area contributed by atoms with Crippen LogP contribution in [0.2, 0.25) is 0 Å². The summed E-state index contributed by atoms with van der Waals surface area (Å²) in [6, 6.07) is 0. The van der Waals surface area contributed by atoms with Gasteiger partial charge in [0.2, 0.25) is 0 Å². The van der Waals surface area contributed by atoms with Crippen molar-refractivity contribution in [1.29, 1.82) is 0 Å². The van der Waals surface area contributed by atoms with Crippen LogP contribution >= 0.6 is 0 Å². The molecule has 0 radical (unpaired) electrons. The first-order chi connectivity index (χ1) is 11.1. The first-order valence-corrected chi connectivity index (χ1v) is 9.74. The van der Waals surface area contributed by atoms with Gasteiger partial charge < -0.3 is 10.2 Å². The van der Waals surface area contributed by atoms with Crippen molar-refractivity contribution in [3.63, 3.8) is 0 Å². The monoisotopic (exact) mass is 332 g/mol. The normalized spacial score (nSPS) is 57.0. The van der Waals surface area contributed by atoms with Gasteiger partial charge in [0.25, 0.3) is 0 Å². The molecule has 8 atom stereocenters. The number of rotatable bonds is 0. The quantitative estimate of drug-likeness (QED) is 0.714. The minimum absolute atomic E-state index is 0.0414. The lowest BCUT2D eigenvalue weighted by Gasteiger charge is -2.62. The molecule has 3 nitrogen and oxygen atoms in total. The third-order valence-electron chi connectivity index (χ3n) is 8.81. The Bertz CT molecular complexity index is 606. The molecular formula is C21H32O3. The van der Waals surface area contributed by atoms with Crippen molar-refractivity contribution in [3.05, 3.63) is 11.6 Å². The van der Waals surface area contributed by atoms with Crippen molar-refractivity contribution >= 4 is 5.78 Å². The Morgan fingerprint density at radius 1 is 1.21 bits per heavy atom. The van der Waals surface area contributed by atoms with Gasteiger partial charge in [0.1, 0.15) is 0 Å². The molecule has 2 N–H and O–H groups in total. The highest BCUT2D eigenvalue weighted by Crippen LogP contribution is 2.68. The molecule has 3 heteroatoms. The molecule has 0 amide bonds. The largest absolute Gasteiger partial charge is 0.393 e. The highest BCUT2D eigenvalue weighted by Gasteiger charge is 2.66. The summed E-state index contributed by atoms with van der Waals surface area (Å²) in [5, 5.41) is 22.2. The Morgan fingerprint density at radius 3 is 2.62 bits per heavy atom. The Hall–Kier alpha value is -0.670. The van der Waals surface area contributed by atoms with E-state index in [1.807, 2.05) is 13.0 Å². The summed E-state index contributed by atoms with van der Waals surface area (Å²) in [5.41, 5.74) is 0.368. The number of carbonyl (C=O) groups excluding carboxylic acids is 1. The molecule has 0 aliphatic heterocycles. The van der Waals surface area contributed by atoms with Gasteiger partial charge in [-0.1, -0.05) is 26.3 Å². The van der Waals surface area contributed by atoms with Crippen LogP contribution in [0.4, 0.5) is 0 Å². The lowest BCUT2D eigenvalue weighted by molar-refractivity contribution is -0.176. The summed E-state index contributed by atoms with van der Waals surface area (Å²) in [5.74, 6) is 1.88. The van der Waals surface area contributed by atoms with Crippen LogP contribution in [0, 0.1) is 34.5 Å². The van der Waals surface area contributed by atoms with Gasteiger partial charge in [0.15, 0.2) is 5.78 Å². The van der Waals surface area contributed by atoms with Crippen LogP contribution in [0.3, 0.4) is 0 Å². The molecule has 0 heterocycles. The van der Waals surface area contributed by atoms with E-state index >= 15 is 0 Å². The smallest absolute Gasteiger partial charge is 0.155 e. The van der Waals surface area contributed by atoms with E-state index in [1.165, 1.54) is 5.57 Å². The van der Waals surface area contributed by atoms with Crippen LogP contribution in [0.25, 0.3) is 0 Å². The molecule has 3 saturated carbocycles. The Morgan fingerprint density at radius 2 is 1.92 bits per heavy atom. The van der Waals surface area contributed by atoms with Crippen molar-refractivity contribution in [2.24, 2.45) is 34.5 Å². The van der Waals surface area contributed by atoms with E-state index in [0.29, 0.717) is 30.6 Å². The molecule has 0 aromatic carbocycles. The van der Waals surface area contributed by atoms with Crippen molar-refractivity contribution < 1.29 is 15.0 Å². The summed E-state index contributed by atoms with van der Waals surface area (Å²) in [6.45, 7) is 8.76. The van der Waals surface area contributed by atoms with Gasteiger partial charge in [-0.15, -0.1) is 0 Å². The third kappa shape index (κ3) is 1.94. The first-order valence-electron chi connectivity index (χ1n) is 9.74. The fourth-order valence-electron chi connectivity index (χ4n) is 7.23. The summed E-state index contributed by atoms with van der Waals surface area (Å²) in [6.07, 6.45) is 6.57. The highest BCUT2D eigenvalue weighted by atomic mass is 16.3. The second-order valence-corrected chi connectivity index (χ2v) is 9.95. The Kier molecular flexibility index (Phi) is 3.46. The van der Waals surface area contributed by atoms with Crippen LogP contribution < -0.4 is 0 Å². The fraction of sp³-hybridized carbons (Fsp3) is 0.857. The predicted octanol–water partition coefficient (Wildman–Crippen LogP) is 3.49. The molecule has 4 aliphatic rings. The van der Waals surface area contributed by atoms with Gasteiger partial charge in [-0.3, -0.25) is 4.79 Å². The minimum Gasteiger partial charge on any atom is -0.393 e. The number of aliphatic hydroxyl groups excluding tert-OH is 1. The van der Waals surface area contributed by atoms with E-state index in [2.05, 4.69) is 20.8 Å². The van der Waals surface area contributed by atoms with Gasteiger partial charge in [-0.05, 0) is 74.2 Å². The van der Waals surface area contributed by atoms with Crippen LogP contribution in [-0.2, 0) is 4.79 Å².